The van der Waals surface area contributed by atoms with Crippen LogP contribution in [0.1, 0.15) is 44.2 Å². The van der Waals surface area contributed by atoms with Crippen molar-refractivity contribution in [3.63, 3.8) is 0 Å². The number of carboxylic acid groups (broad SMARTS) is 1. The number of sulfonamides is 1. The van der Waals surface area contributed by atoms with Gasteiger partial charge in [-0.3, -0.25) is 0 Å². The number of terminal acetylenes is 1. The predicted octanol–water partition coefficient (Wildman–Crippen LogP) is 1.46. The molecule has 0 bridgehead atoms. The highest BCUT2D eigenvalue weighted by molar-refractivity contribution is 7.89. The second-order valence-electron chi connectivity index (χ2n) is 5.24. The summed E-state index contributed by atoms with van der Waals surface area (Å²) >= 11 is 0. The molecule has 0 aliphatic heterocycles. The zero-order chi connectivity index (χ0) is 15.7. The number of hydrogen-bond donors (Lipinski definition) is 2. The Labute approximate surface area is 118 Å². The van der Waals surface area contributed by atoms with Gasteiger partial charge >= 0.3 is 5.97 Å². The lowest BCUT2D eigenvalue weighted by Gasteiger charge is -2.18. The molecule has 1 heterocycles. The molecule has 1 rings (SSSR count). The number of aromatic nitrogens is 1. The minimum absolute atomic E-state index is 0.0844. The molecule has 0 radical (unpaired) electrons. The van der Waals surface area contributed by atoms with Gasteiger partial charge in [0.15, 0.2) is 0 Å². The summed E-state index contributed by atoms with van der Waals surface area (Å²) in [6.07, 6.45) is 6.54. The zero-order valence-corrected chi connectivity index (χ0v) is 12.7. The third-order valence-corrected chi connectivity index (χ3v) is 4.28. The van der Waals surface area contributed by atoms with Crippen LogP contribution in [0.5, 0.6) is 0 Å². The largest absolute Gasteiger partial charge is 0.477 e. The smallest absolute Gasteiger partial charge is 0.352 e. The summed E-state index contributed by atoms with van der Waals surface area (Å²) in [5.74, 6) is 1.14. The van der Waals surface area contributed by atoms with E-state index >= 15 is 0 Å². The first kappa shape index (κ1) is 16.3. The van der Waals surface area contributed by atoms with E-state index in [-0.39, 0.29) is 16.6 Å². The molecule has 0 atom stereocenters. The molecule has 0 saturated carbocycles. The fourth-order valence-corrected chi connectivity index (χ4v) is 2.99. The molecular formula is C13H18N2O4S. The number of carboxylic acids is 1. The highest BCUT2D eigenvalue weighted by Gasteiger charge is 2.27. The van der Waals surface area contributed by atoms with Crippen LogP contribution in [0.2, 0.25) is 0 Å². The van der Waals surface area contributed by atoms with Gasteiger partial charge < -0.3 is 9.67 Å². The number of hydrogen-bond acceptors (Lipinski definition) is 3. The molecular weight excluding hydrogens is 280 g/mol. The van der Waals surface area contributed by atoms with Crippen molar-refractivity contribution in [1.82, 2.24) is 9.29 Å². The van der Waals surface area contributed by atoms with E-state index in [1.54, 1.807) is 27.7 Å². The van der Waals surface area contributed by atoms with Crippen LogP contribution in [-0.2, 0) is 10.0 Å². The van der Waals surface area contributed by atoms with E-state index in [2.05, 4.69) is 10.6 Å². The average molecular weight is 298 g/mol. The summed E-state index contributed by atoms with van der Waals surface area (Å²) in [6.45, 7) is 6.62. The molecule has 7 heteroatoms. The fraction of sp³-hybridized carbons (Fsp3) is 0.462. The number of nitrogens with zero attached hydrogens (tertiary/aromatic N) is 1. The van der Waals surface area contributed by atoms with Crippen molar-refractivity contribution in [2.24, 2.45) is 0 Å². The van der Waals surface area contributed by atoms with Crippen molar-refractivity contribution < 1.29 is 18.3 Å². The molecule has 0 fully saturated rings. The van der Waals surface area contributed by atoms with E-state index in [0.717, 1.165) is 6.07 Å². The van der Waals surface area contributed by atoms with Gasteiger partial charge in [0, 0.05) is 12.2 Å². The second-order valence-corrected chi connectivity index (χ2v) is 6.92. The first-order valence-electron chi connectivity index (χ1n) is 5.97. The van der Waals surface area contributed by atoms with Crippen LogP contribution < -0.4 is 4.72 Å². The lowest BCUT2D eigenvalue weighted by molar-refractivity contribution is 0.0683. The van der Waals surface area contributed by atoms with Gasteiger partial charge in [-0.2, -0.15) is 4.72 Å². The molecule has 1 aromatic heterocycles. The molecule has 20 heavy (non-hydrogen) atoms. The molecule has 0 spiro atoms. The number of aromatic carboxylic acids is 1. The van der Waals surface area contributed by atoms with Crippen molar-refractivity contribution >= 4 is 16.0 Å². The van der Waals surface area contributed by atoms with Crippen LogP contribution in [0.3, 0.4) is 0 Å². The quantitative estimate of drug-likeness (QED) is 0.805. The van der Waals surface area contributed by atoms with Gasteiger partial charge in [-0.05, 0) is 33.8 Å². The summed E-state index contributed by atoms with van der Waals surface area (Å²) in [5, 5.41) is 9.10. The number of nitrogens with one attached hydrogen (secondary N) is 1. The Kier molecular flexibility index (Phi) is 4.32. The van der Waals surface area contributed by atoms with Gasteiger partial charge in [0.1, 0.15) is 10.6 Å². The third-order valence-electron chi connectivity index (χ3n) is 2.66. The monoisotopic (exact) mass is 298 g/mol. The van der Waals surface area contributed by atoms with Crippen LogP contribution in [0.4, 0.5) is 0 Å². The maximum atomic E-state index is 12.2. The Balaban J connectivity index is 3.31. The Morgan fingerprint density at radius 2 is 2.05 bits per heavy atom. The molecule has 0 aliphatic carbocycles. The summed E-state index contributed by atoms with van der Waals surface area (Å²) in [5.41, 5.74) is -1.14. The molecule has 0 amide bonds. The van der Waals surface area contributed by atoms with Gasteiger partial charge in [-0.1, -0.05) is 5.92 Å². The lowest BCUT2D eigenvalue weighted by Crippen LogP contribution is -2.41. The summed E-state index contributed by atoms with van der Waals surface area (Å²) in [7, 11) is -3.88. The SMILES string of the molecule is C#CC(C)(C)NS(=O)(=O)c1cc(C(=O)O)n(C(C)C)c1. The predicted molar refractivity (Wildman–Crippen MR) is 75.0 cm³/mol. The molecule has 1 aromatic rings. The second kappa shape index (κ2) is 5.31. The molecule has 6 nitrogen and oxygen atoms in total. The molecule has 0 saturated heterocycles. The minimum atomic E-state index is -3.88. The summed E-state index contributed by atoms with van der Waals surface area (Å²) in [6, 6.07) is 0.947. The van der Waals surface area contributed by atoms with Gasteiger partial charge in [0.2, 0.25) is 10.0 Å². The number of carbonyl (C=O) groups is 1. The number of rotatable bonds is 5. The van der Waals surface area contributed by atoms with Crippen molar-refractivity contribution in [3.8, 4) is 12.3 Å². The van der Waals surface area contributed by atoms with E-state index in [0.29, 0.717) is 0 Å². The van der Waals surface area contributed by atoms with Gasteiger partial charge in [0.05, 0.1) is 5.54 Å². The molecule has 2 N–H and O–H groups in total. The highest BCUT2D eigenvalue weighted by Crippen LogP contribution is 2.20. The van der Waals surface area contributed by atoms with E-state index in [1.807, 2.05) is 0 Å². The van der Waals surface area contributed by atoms with E-state index in [1.165, 1.54) is 10.8 Å². The summed E-state index contributed by atoms with van der Waals surface area (Å²) in [4.78, 5) is 11.0. The Hall–Kier alpha value is -1.78. The standard InChI is InChI=1S/C13H18N2O4S/c1-6-13(4,5)14-20(18,19)10-7-11(12(16)17)15(8-10)9(2)3/h1,7-9,14H,2-5H3,(H,16,17). The van der Waals surface area contributed by atoms with Gasteiger partial charge in [-0.25, -0.2) is 13.2 Å². The minimum Gasteiger partial charge on any atom is -0.477 e. The highest BCUT2D eigenvalue weighted by atomic mass is 32.2. The van der Waals surface area contributed by atoms with Crippen molar-refractivity contribution in [2.75, 3.05) is 0 Å². The van der Waals surface area contributed by atoms with Gasteiger partial charge in [0.25, 0.3) is 0 Å². The van der Waals surface area contributed by atoms with Crippen LogP contribution >= 0.6 is 0 Å². The van der Waals surface area contributed by atoms with Crippen LogP contribution in [0.25, 0.3) is 0 Å². The van der Waals surface area contributed by atoms with E-state index < -0.39 is 21.5 Å². The zero-order valence-electron chi connectivity index (χ0n) is 11.8. The molecule has 0 aliphatic rings. The molecule has 110 valence electrons. The van der Waals surface area contributed by atoms with Gasteiger partial charge in [-0.15, -0.1) is 6.42 Å². The topological polar surface area (TPSA) is 88.4 Å². The van der Waals surface area contributed by atoms with Crippen LogP contribution in [0.15, 0.2) is 17.2 Å². The average Bonchev–Trinajstić information content (AvgIpc) is 2.73. The first-order chi connectivity index (χ1) is 9.00. The van der Waals surface area contributed by atoms with E-state index in [4.69, 9.17) is 11.5 Å². The maximum absolute atomic E-state index is 12.2. The Morgan fingerprint density at radius 1 is 1.50 bits per heavy atom. The Bertz CT molecular complexity index is 663. The van der Waals surface area contributed by atoms with Crippen LogP contribution in [-0.4, -0.2) is 29.6 Å². The Morgan fingerprint density at radius 3 is 2.40 bits per heavy atom. The fourth-order valence-electron chi connectivity index (χ4n) is 1.62. The van der Waals surface area contributed by atoms with Crippen molar-refractivity contribution in [1.29, 1.82) is 0 Å². The third kappa shape index (κ3) is 3.40. The van der Waals surface area contributed by atoms with Crippen molar-refractivity contribution in [3.05, 3.63) is 18.0 Å². The molecule has 0 aromatic carbocycles. The molecule has 0 unspecified atom stereocenters. The maximum Gasteiger partial charge on any atom is 0.352 e. The summed E-state index contributed by atoms with van der Waals surface area (Å²) < 4.78 is 28.1. The van der Waals surface area contributed by atoms with E-state index in [9.17, 15) is 13.2 Å². The van der Waals surface area contributed by atoms with Crippen molar-refractivity contribution in [2.45, 2.75) is 44.2 Å². The van der Waals surface area contributed by atoms with Crippen LogP contribution in [0, 0.1) is 12.3 Å². The normalized spacial score (nSPS) is 12.4. The lowest BCUT2D eigenvalue weighted by atomic mass is 10.1. The first-order valence-corrected chi connectivity index (χ1v) is 7.45.